The summed E-state index contributed by atoms with van der Waals surface area (Å²) in [5, 5.41) is 5.20. The molecule has 0 radical (unpaired) electrons. The van der Waals surface area contributed by atoms with Crippen LogP contribution in [0.3, 0.4) is 0 Å². The van der Waals surface area contributed by atoms with E-state index in [4.69, 9.17) is 0 Å². The zero-order valence-electron chi connectivity index (χ0n) is 11.8. The van der Waals surface area contributed by atoms with Crippen molar-refractivity contribution in [3.05, 3.63) is 0 Å². The lowest BCUT2D eigenvalue weighted by Crippen LogP contribution is -2.48. The van der Waals surface area contributed by atoms with Crippen molar-refractivity contribution in [1.82, 2.24) is 15.5 Å². The van der Waals surface area contributed by atoms with E-state index in [9.17, 15) is 14.4 Å². The summed E-state index contributed by atoms with van der Waals surface area (Å²) in [5.74, 6) is -0.0508. The Bertz CT molecular complexity index is 344. The highest BCUT2D eigenvalue weighted by atomic mass is 16.2. The molecule has 0 bridgehead atoms. The first-order valence-electron chi connectivity index (χ1n) is 6.73. The van der Waals surface area contributed by atoms with Gasteiger partial charge in [0.05, 0.1) is 6.54 Å². The summed E-state index contributed by atoms with van der Waals surface area (Å²) in [6.07, 6.45) is 2.01. The van der Waals surface area contributed by atoms with Crippen molar-refractivity contribution in [3.8, 4) is 0 Å². The second-order valence-electron chi connectivity index (χ2n) is 5.25. The van der Waals surface area contributed by atoms with E-state index in [1.165, 1.54) is 0 Å². The van der Waals surface area contributed by atoms with Gasteiger partial charge in [-0.15, -0.1) is 0 Å². The van der Waals surface area contributed by atoms with Crippen molar-refractivity contribution < 1.29 is 14.4 Å². The smallest absolute Gasteiger partial charge is 0.242 e. The molecule has 0 aromatic carbocycles. The monoisotopic (exact) mass is 269 g/mol. The Balaban J connectivity index is 2.61. The third kappa shape index (κ3) is 4.22. The normalized spacial score (nSPS) is 20.0. The van der Waals surface area contributed by atoms with Gasteiger partial charge in [0.2, 0.25) is 18.2 Å². The Morgan fingerprint density at radius 1 is 1.53 bits per heavy atom. The average Bonchev–Trinajstić information content (AvgIpc) is 2.72. The summed E-state index contributed by atoms with van der Waals surface area (Å²) in [6, 6.07) is 0.0234. The lowest BCUT2D eigenvalue weighted by Gasteiger charge is -2.34. The molecule has 0 saturated carbocycles. The van der Waals surface area contributed by atoms with Gasteiger partial charge in [0.15, 0.2) is 0 Å². The van der Waals surface area contributed by atoms with Crippen LogP contribution in [0.1, 0.15) is 33.6 Å². The van der Waals surface area contributed by atoms with Gasteiger partial charge in [-0.05, 0) is 33.6 Å². The van der Waals surface area contributed by atoms with Crippen LogP contribution < -0.4 is 10.6 Å². The fourth-order valence-electron chi connectivity index (χ4n) is 2.66. The molecule has 0 spiro atoms. The standard InChI is InChI=1S/C13H23N3O3/c1-9(2)16(12(18)7-14-8-17)10(3)6-11-4-5-15-13(11)19/h8-11H,4-7H2,1-3H3,(H,14,17)(H,15,19). The minimum absolute atomic E-state index is 0.00286. The number of hydrogen-bond donors (Lipinski definition) is 2. The summed E-state index contributed by atoms with van der Waals surface area (Å²) < 4.78 is 0. The molecule has 2 N–H and O–H groups in total. The minimum Gasteiger partial charge on any atom is -0.356 e. The fourth-order valence-corrected chi connectivity index (χ4v) is 2.66. The number of nitrogens with zero attached hydrogens (tertiary/aromatic N) is 1. The largest absolute Gasteiger partial charge is 0.356 e. The van der Waals surface area contributed by atoms with Crippen LogP contribution in [0.4, 0.5) is 0 Å². The lowest BCUT2D eigenvalue weighted by atomic mass is 9.97. The maximum Gasteiger partial charge on any atom is 0.242 e. The summed E-state index contributed by atoms with van der Waals surface area (Å²) in [4.78, 5) is 35.6. The van der Waals surface area contributed by atoms with Gasteiger partial charge < -0.3 is 15.5 Å². The van der Waals surface area contributed by atoms with E-state index in [2.05, 4.69) is 10.6 Å². The number of carbonyl (C=O) groups excluding carboxylic acids is 3. The first kappa shape index (κ1) is 15.5. The molecule has 108 valence electrons. The molecule has 1 rings (SSSR count). The first-order valence-corrected chi connectivity index (χ1v) is 6.73. The Kier molecular flexibility index (Phi) is 5.79. The quantitative estimate of drug-likeness (QED) is 0.633. The molecule has 6 nitrogen and oxygen atoms in total. The molecule has 6 heteroatoms. The van der Waals surface area contributed by atoms with Gasteiger partial charge in [-0.25, -0.2) is 0 Å². The highest BCUT2D eigenvalue weighted by molar-refractivity contribution is 5.82. The SMILES string of the molecule is CC(C)N(C(=O)CNC=O)C(C)CC1CCNC1=O. The summed E-state index contributed by atoms with van der Waals surface area (Å²) in [5.41, 5.74) is 0. The second-order valence-corrected chi connectivity index (χ2v) is 5.25. The van der Waals surface area contributed by atoms with Crippen molar-refractivity contribution >= 4 is 18.2 Å². The Morgan fingerprint density at radius 2 is 2.21 bits per heavy atom. The average molecular weight is 269 g/mol. The molecule has 0 aliphatic carbocycles. The molecule has 1 aliphatic rings. The molecule has 1 heterocycles. The molecule has 0 aromatic rings. The van der Waals surface area contributed by atoms with E-state index in [1.807, 2.05) is 20.8 Å². The highest BCUT2D eigenvalue weighted by Gasteiger charge is 2.30. The van der Waals surface area contributed by atoms with Crippen molar-refractivity contribution in [3.63, 3.8) is 0 Å². The molecule has 19 heavy (non-hydrogen) atoms. The topological polar surface area (TPSA) is 78.5 Å². The zero-order valence-corrected chi connectivity index (χ0v) is 11.8. The summed E-state index contributed by atoms with van der Waals surface area (Å²) in [7, 11) is 0. The highest BCUT2D eigenvalue weighted by Crippen LogP contribution is 2.20. The van der Waals surface area contributed by atoms with Crippen LogP contribution >= 0.6 is 0 Å². The second kappa shape index (κ2) is 7.11. The molecule has 3 amide bonds. The number of hydrogen-bond acceptors (Lipinski definition) is 3. The van der Waals surface area contributed by atoms with Crippen LogP contribution in [0.15, 0.2) is 0 Å². The molecule has 1 fully saturated rings. The minimum atomic E-state index is -0.118. The third-order valence-electron chi connectivity index (χ3n) is 3.44. The lowest BCUT2D eigenvalue weighted by molar-refractivity contribution is -0.136. The molecular formula is C13H23N3O3. The van der Waals surface area contributed by atoms with E-state index in [0.29, 0.717) is 12.8 Å². The predicted molar refractivity (Wildman–Crippen MR) is 71.2 cm³/mol. The third-order valence-corrected chi connectivity index (χ3v) is 3.44. The number of rotatable bonds is 7. The van der Waals surface area contributed by atoms with E-state index in [0.717, 1.165) is 13.0 Å². The summed E-state index contributed by atoms with van der Waals surface area (Å²) in [6.45, 7) is 6.54. The van der Waals surface area contributed by atoms with Crippen molar-refractivity contribution in [2.24, 2.45) is 5.92 Å². The van der Waals surface area contributed by atoms with Crippen LogP contribution in [-0.4, -0.2) is 48.3 Å². The molecule has 2 unspecified atom stereocenters. The van der Waals surface area contributed by atoms with Gasteiger partial charge in [0, 0.05) is 24.5 Å². The number of carbonyl (C=O) groups is 3. The Morgan fingerprint density at radius 3 is 2.68 bits per heavy atom. The zero-order chi connectivity index (χ0) is 14.4. The van der Waals surface area contributed by atoms with Crippen molar-refractivity contribution in [2.75, 3.05) is 13.1 Å². The van der Waals surface area contributed by atoms with Crippen LogP contribution in [0.25, 0.3) is 0 Å². The number of amides is 3. The van der Waals surface area contributed by atoms with E-state index in [1.54, 1.807) is 4.90 Å². The van der Waals surface area contributed by atoms with Crippen LogP contribution in [-0.2, 0) is 14.4 Å². The first-order chi connectivity index (χ1) is 8.97. The Hall–Kier alpha value is -1.59. The van der Waals surface area contributed by atoms with Gasteiger partial charge in [-0.1, -0.05) is 0 Å². The van der Waals surface area contributed by atoms with Crippen LogP contribution in [0.2, 0.25) is 0 Å². The summed E-state index contributed by atoms with van der Waals surface area (Å²) >= 11 is 0. The van der Waals surface area contributed by atoms with Crippen LogP contribution in [0.5, 0.6) is 0 Å². The van der Waals surface area contributed by atoms with Gasteiger partial charge >= 0.3 is 0 Å². The molecular weight excluding hydrogens is 246 g/mol. The van der Waals surface area contributed by atoms with Gasteiger partial charge in [0.1, 0.15) is 0 Å². The van der Waals surface area contributed by atoms with Crippen LogP contribution in [0, 0.1) is 5.92 Å². The van der Waals surface area contributed by atoms with Gasteiger partial charge in [-0.3, -0.25) is 14.4 Å². The molecule has 1 aliphatic heterocycles. The van der Waals surface area contributed by atoms with Crippen molar-refractivity contribution in [2.45, 2.75) is 45.7 Å². The van der Waals surface area contributed by atoms with Gasteiger partial charge in [-0.2, -0.15) is 0 Å². The number of nitrogens with one attached hydrogen (secondary N) is 2. The van der Waals surface area contributed by atoms with Gasteiger partial charge in [0.25, 0.3) is 0 Å². The van der Waals surface area contributed by atoms with E-state index < -0.39 is 0 Å². The van der Waals surface area contributed by atoms with E-state index in [-0.39, 0.29) is 36.4 Å². The Labute approximate surface area is 113 Å². The van der Waals surface area contributed by atoms with E-state index >= 15 is 0 Å². The molecule has 2 atom stereocenters. The van der Waals surface area contributed by atoms with Crippen molar-refractivity contribution in [1.29, 1.82) is 0 Å². The molecule has 1 saturated heterocycles. The molecule has 0 aromatic heterocycles. The maximum atomic E-state index is 12.0. The predicted octanol–water partition coefficient (Wildman–Crippen LogP) is -0.116. The fraction of sp³-hybridized carbons (Fsp3) is 0.769. The maximum absolute atomic E-state index is 12.0.